The third-order valence-electron chi connectivity index (χ3n) is 3.18. The minimum absolute atomic E-state index is 0.0132. The number of benzene rings is 1. The van der Waals surface area contributed by atoms with Crippen molar-refractivity contribution in [3.63, 3.8) is 0 Å². The Morgan fingerprint density at radius 1 is 1.50 bits per heavy atom. The van der Waals surface area contributed by atoms with Gasteiger partial charge in [0.2, 0.25) is 0 Å². The van der Waals surface area contributed by atoms with Crippen molar-refractivity contribution in [2.75, 3.05) is 13.1 Å². The Morgan fingerprint density at radius 2 is 2.20 bits per heavy atom. The van der Waals surface area contributed by atoms with Gasteiger partial charge < -0.3 is 10.4 Å². The maximum Gasteiger partial charge on any atom is 0.142 e. The van der Waals surface area contributed by atoms with Crippen LogP contribution in [-0.4, -0.2) is 18.2 Å². The van der Waals surface area contributed by atoms with Gasteiger partial charge in [-0.25, -0.2) is 4.39 Å². The van der Waals surface area contributed by atoms with E-state index in [0.717, 1.165) is 6.42 Å². The van der Waals surface area contributed by atoms with Crippen molar-refractivity contribution in [3.05, 3.63) is 34.6 Å². The molecule has 0 radical (unpaired) electrons. The lowest BCUT2D eigenvalue weighted by atomic mass is 9.88. The van der Waals surface area contributed by atoms with Crippen LogP contribution < -0.4 is 5.32 Å². The molecule has 0 saturated carbocycles. The summed E-state index contributed by atoms with van der Waals surface area (Å²) >= 11 is 5.60. The topological polar surface area (TPSA) is 56.0 Å². The second-order valence-electron chi connectivity index (χ2n) is 5.64. The molecule has 1 aromatic carbocycles. The van der Waals surface area contributed by atoms with Crippen LogP contribution in [0, 0.1) is 22.6 Å². The maximum absolute atomic E-state index is 13.3. The molecule has 0 fully saturated rings. The molecule has 2 N–H and O–H groups in total. The van der Waals surface area contributed by atoms with Crippen LogP contribution in [-0.2, 0) is 0 Å². The number of nitrogens with zero attached hydrogens (tertiary/aromatic N) is 1. The molecule has 0 spiro atoms. The van der Waals surface area contributed by atoms with E-state index >= 15 is 0 Å². The number of aliphatic hydroxyl groups excluding tert-OH is 1. The second kappa shape index (κ2) is 7.58. The van der Waals surface area contributed by atoms with Crippen LogP contribution in [0.25, 0.3) is 0 Å². The zero-order valence-electron chi connectivity index (χ0n) is 11.8. The fourth-order valence-electron chi connectivity index (χ4n) is 1.87. The predicted octanol–water partition coefficient (Wildman–Crippen LogP) is 3.43. The fourth-order valence-corrected chi connectivity index (χ4v) is 1.99. The Kier molecular flexibility index (Phi) is 6.41. The van der Waals surface area contributed by atoms with E-state index in [4.69, 9.17) is 16.9 Å². The third-order valence-corrected chi connectivity index (χ3v) is 3.49. The Labute approximate surface area is 124 Å². The minimum Gasteiger partial charge on any atom is -0.387 e. The second-order valence-corrected chi connectivity index (χ2v) is 6.05. The summed E-state index contributed by atoms with van der Waals surface area (Å²) in [6.45, 7) is 5.14. The smallest absolute Gasteiger partial charge is 0.142 e. The third kappa shape index (κ3) is 5.46. The number of hydrogen-bond donors (Lipinski definition) is 2. The molecule has 1 atom stereocenters. The Morgan fingerprint density at radius 3 is 2.80 bits per heavy atom. The van der Waals surface area contributed by atoms with Gasteiger partial charge in [-0.1, -0.05) is 31.5 Å². The van der Waals surface area contributed by atoms with Gasteiger partial charge in [0.25, 0.3) is 0 Å². The molecular formula is C15H20ClFN2O. The van der Waals surface area contributed by atoms with Crippen LogP contribution in [0.15, 0.2) is 18.2 Å². The highest BCUT2D eigenvalue weighted by Gasteiger charge is 2.18. The van der Waals surface area contributed by atoms with E-state index < -0.39 is 11.9 Å². The van der Waals surface area contributed by atoms with E-state index in [-0.39, 0.29) is 10.4 Å². The van der Waals surface area contributed by atoms with Gasteiger partial charge in [0.15, 0.2) is 0 Å². The van der Waals surface area contributed by atoms with Crippen molar-refractivity contribution in [1.29, 1.82) is 5.26 Å². The molecule has 0 aromatic heterocycles. The number of nitrogens with one attached hydrogen (secondary N) is 1. The van der Waals surface area contributed by atoms with Gasteiger partial charge in [0, 0.05) is 19.5 Å². The average molecular weight is 299 g/mol. The van der Waals surface area contributed by atoms with Gasteiger partial charge in [0.05, 0.1) is 17.2 Å². The summed E-state index contributed by atoms with van der Waals surface area (Å²) < 4.78 is 13.3. The number of hydrogen-bond acceptors (Lipinski definition) is 3. The van der Waals surface area contributed by atoms with Crippen LogP contribution in [0.3, 0.4) is 0 Å². The molecule has 20 heavy (non-hydrogen) atoms. The first kappa shape index (κ1) is 16.9. The van der Waals surface area contributed by atoms with Crippen molar-refractivity contribution in [2.24, 2.45) is 5.41 Å². The molecule has 1 unspecified atom stereocenters. The van der Waals surface area contributed by atoms with Crippen molar-refractivity contribution < 1.29 is 9.50 Å². The largest absolute Gasteiger partial charge is 0.387 e. The maximum atomic E-state index is 13.3. The van der Waals surface area contributed by atoms with E-state index in [1.165, 1.54) is 12.1 Å². The molecule has 0 amide bonds. The zero-order chi connectivity index (χ0) is 15.2. The standard InChI is InChI=1S/C15H20ClFN2O/c1-15(2,6-3-7-18)10-19-9-14(20)11-4-5-12(16)13(17)8-11/h4-5,8,14,19-20H,3,6,9-10H2,1-2H3. The normalized spacial score (nSPS) is 13.0. The molecule has 1 rings (SSSR count). The van der Waals surface area contributed by atoms with Crippen LogP contribution in [0.2, 0.25) is 5.02 Å². The van der Waals surface area contributed by atoms with Gasteiger partial charge in [-0.15, -0.1) is 0 Å². The number of halogens is 2. The van der Waals surface area contributed by atoms with Crippen LogP contribution in [0.5, 0.6) is 0 Å². The van der Waals surface area contributed by atoms with Crippen LogP contribution in [0.1, 0.15) is 38.4 Å². The highest BCUT2D eigenvalue weighted by molar-refractivity contribution is 6.30. The van der Waals surface area contributed by atoms with Gasteiger partial charge in [-0.2, -0.15) is 5.26 Å². The molecule has 0 bridgehead atoms. The van der Waals surface area contributed by atoms with Gasteiger partial charge >= 0.3 is 0 Å². The van der Waals surface area contributed by atoms with Crippen molar-refractivity contribution in [1.82, 2.24) is 5.32 Å². The van der Waals surface area contributed by atoms with Crippen molar-refractivity contribution in [2.45, 2.75) is 32.8 Å². The van der Waals surface area contributed by atoms with Gasteiger partial charge in [-0.05, 0) is 29.5 Å². The number of rotatable bonds is 7. The SMILES string of the molecule is CC(C)(CCC#N)CNCC(O)c1ccc(Cl)c(F)c1. The lowest BCUT2D eigenvalue weighted by molar-refractivity contribution is 0.167. The number of nitriles is 1. The first-order valence-corrected chi connectivity index (χ1v) is 6.94. The van der Waals surface area contributed by atoms with Crippen molar-refractivity contribution >= 4 is 11.6 Å². The lowest BCUT2D eigenvalue weighted by Gasteiger charge is -2.24. The highest BCUT2D eigenvalue weighted by atomic mass is 35.5. The predicted molar refractivity (Wildman–Crippen MR) is 77.9 cm³/mol. The lowest BCUT2D eigenvalue weighted by Crippen LogP contribution is -2.32. The summed E-state index contributed by atoms with van der Waals surface area (Å²) in [5.41, 5.74) is 0.481. The van der Waals surface area contributed by atoms with Crippen molar-refractivity contribution in [3.8, 4) is 6.07 Å². The summed E-state index contributed by atoms with van der Waals surface area (Å²) in [6.07, 6.45) is 0.524. The molecular weight excluding hydrogens is 279 g/mol. The van der Waals surface area contributed by atoms with E-state index in [1.54, 1.807) is 6.07 Å². The molecule has 0 aliphatic heterocycles. The number of aliphatic hydroxyl groups is 1. The summed E-state index contributed by atoms with van der Waals surface area (Å²) in [6, 6.07) is 6.42. The summed E-state index contributed by atoms with van der Waals surface area (Å²) in [4.78, 5) is 0. The Hall–Kier alpha value is -1.15. The average Bonchev–Trinajstić information content (AvgIpc) is 2.39. The van der Waals surface area contributed by atoms with Crippen LogP contribution in [0.4, 0.5) is 4.39 Å². The molecule has 3 nitrogen and oxygen atoms in total. The Bertz CT molecular complexity index is 485. The molecule has 0 aliphatic carbocycles. The molecule has 1 aromatic rings. The van der Waals surface area contributed by atoms with E-state index in [0.29, 0.717) is 25.1 Å². The molecule has 5 heteroatoms. The highest BCUT2D eigenvalue weighted by Crippen LogP contribution is 2.22. The van der Waals surface area contributed by atoms with Gasteiger partial charge in [-0.3, -0.25) is 0 Å². The summed E-state index contributed by atoms with van der Waals surface area (Å²) in [7, 11) is 0. The van der Waals surface area contributed by atoms with E-state index in [1.807, 2.05) is 0 Å². The van der Waals surface area contributed by atoms with Gasteiger partial charge in [0.1, 0.15) is 5.82 Å². The quantitative estimate of drug-likeness (QED) is 0.811. The zero-order valence-corrected chi connectivity index (χ0v) is 12.5. The monoisotopic (exact) mass is 298 g/mol. The molecule has 0 heterocycles. The summed E-state index contributed by atoms with van der Waals surface area (Å²) in [5.74, 6) is -0.530. The fraction of sp³-hybridized carbons (Fsp3) is 0.533. The first-order valence-electron chi connectivity index (χ1n) is 6.56. The molecule has 110 valence electrons. The van der Waals surface area contributed by atoms with E-state index in [9.17, 15) is 9.50 Å². The minimum atomic E-state index is -0.784. The molecule has 0 saturated heterocycles. The van der Waals surface area contributed by atoms with Crippen LogP contribution >= 0.6 is 11.6 Å². The summed E-state index contributed by atoms with van der Waals surface area (Å²) in [5, 5.41) is 21.8. The Balaban J connectivity index is 2.45. The van der Waals surface area contributed by atoms with E-state index in [2.05, 4.69) is 25.2 Å². The first-order chi connectivity index (χ1) is 9.35. The molecule has 0 aliphatic rings.